The quantitative estimate of drug-likeness (QED) is 0.816. The molecule has 29 heavy (non-hydrogen) atoms. The van der Waals surface area contributed by atoms with Crippen molar-refractivity contribution < 1.29 is 14.3 Å². The largest absolute Gasteiger partial charge is 0.497 e. The molecule has 2 heterocycles. The molecule has 0 aromatic heterocycles. The Morgan fingerprint density at radius 2 is 1.90 bits per heavy atom. The zero-order chi connectivity index (χ0) is 20.2. The van der Waals surface area contributed by atoms with Crippen molar-refractivity contribution >= 4 is 5.91 Å². The van der Waals surface area contributed by atoms with Gasteiger partial charge in [0.25, 0.3) is 0 Å². The zero-order valence-corrected chi connectivity index (χ0v) is 17.3. The van der Waals surface area contributed by atoms with Crippen LogP contribution >= 0.6 is 0 Å². The second-order valence-corrected chi connectivity index (χ2v) is 7.97. The van der Waals surface area contributed by atoms with E-state index in [0.29, 0.717) is 18.4 Å². The number of likely N-dealkylation sites (tertiary alicyclic amines) is 1. The third-order valence-electron chi connectivity index (χ3n) is 6.33. The monoisotopic (exact) mass is 394 g/mol. The maximum absolute atomic E-state index is 13.1. The molecule has 1 N–H and O–H groups in total. The van der Waals surface area contributed by atoms with Crippen LogP contribution in [0, 0.1) is 0 Å². The number of fused-ring (bicyclic) bond motifs is 1. The lowest BCUT2D eigenvalue weighted by Gasteiger charge is -2.33. The molecule has 0 spiro atoms. The first-order chi connectivity index (χ1) is 14.2. The molecule has 5 nitrogen and oxygen atoms in total. The summed E-state index contributed by atoms with van der Waals surface area (Å²) >= 11 is 0. The average Bonchev–Trinajstić information content (AvgIpc) is 3.18. The smallest absolute Gasteiger partial charge is 0.223 e. The summed E-state index contributed by atoms with van der Waals surface area (Å²) in [5.41, 5.74) is 2.42. The third kappa shape index (κ3) is 4.25. The van der Waals surface area contributed by atoms with Crippen LogP contribution in [0.3, 0.4) is 0 Å². The number of ether oxygens (including phenoxy) is 2. The van der Waals surface area contributed by atoms with Crippen molar-refractivity contribution in [1.82, 2.24) is 10.2 Å². The van der Waals surface area contributed by atoms with Crippen molar-refractivity contribution in [3.05, 3.63) is 59.7 Å². The van der Waals surface area contributed by atoms with Crippen LogP contribution in [0.15, 0.2) is 48.5 Å². The van der Waals surface area contributed by atoms with E-state index in [-0.39, 0.29) is 11.9 Å². The number of carbonyl (C=O) groups excluding carboxylic acids is 1. The van der Waals surface area contributed by atoms with E-state index in [4.69, 9.17) is 9.47 Å². The summed E-state index contributed by atoms with van der Waals surface area (Å²) in [6.45, 7) is 1.80. The van der Waals surface area contributed by atoms with Crippen molar-refractivity contribution in [3.63, 3.8) is 0 Å². The number of methoxy groups -OCH3 is 2. The Morgan fingerprint density at radius 3 is 2.66 bits per heavy atom. The highest BCUT2D eigenvalue weighted by atomic mass is 16.5. The summed E-state index contributed by atoms with van der Waals surface area (Å²) < 4.78 is 10.6. The van der Waals surface area contributed by atoms with E-state index in [1.54, 1.807) is 14.2 Å². The minimum Gasteiger partial charge on any atom is -0.497 e. The molecule has 3 atom stereocenters. The zero-order valence-electron chi connectivity index (χ0n) is 17.3. The molecule has 0 bridgehead atoms. The van der Waals surface area contributed by atoms with Gasteiger partial charge in [-0.3, -0.25) is 4.79 Å². The van der Waals surface area contributed by atoms with Crippen molar-refractivity contribution in [3.8, 4) is 11.5 Å². The lowest BCUT2D eigenvalue weighted by atomic mass is 9.87. The Kier molecular flexibility index (Phi) is 6.05. The van der Waals surface area contributed by atoms with Gasteiger partial charge in [-0.1, -0.05) is 24.3 Å². The molecular formula is C24H30N2O3. The topological polar surface area (TPSA) is 50.8 Å². The lowest BCUT2D eigenvalue weighted by Crippen LogP contribution is -2.49. The Labute approximate surface area is 173 Å². The highest BCUT2D eigenvalue weighted by Crippen LogP contribution is 2.37. The van der Waals surface area contributed by atoms with E-state index >= 15 is 0 Å². The molecule has 2 aromatic rings. The van der Waals surface area contributed by atoms with Gasteiger partial charge in [-0.25, -0.2) is 0 Å². The fourth-order valence-corrected chi connectivity index (χ4v) is 4.78. The maximum Gasteiger partial charge on any atom is 0.223 e. The Bertz CT molecular complexity index is 836. The SMILES string of the molecule is COc1ccc(CCC(=O)N2C[C@H](c3cccc(OC)c3)[C@H]3NCCC[C@H]32)cc1. The molecule has 2 saturated heterocycles. The molecule has 5 heteroatoms. The van der Waals surface area contributed by atoms with E-state index in [0.717, 1.165) is 43.9 Å². The molecule has 0 radical (unpaired) electrons. The fourth-order valence-electron chi connectivity index (χ4n) is 4.78. The summed E-state index contributed by atoms with van der Waals surface area (Å²) in [6.07, 6.45) is 3.50. The van der Waals surface area contributed by atoms with E-state index in [1.165, 1.54) is 11.1 Å². The van der Waals surface area contributed by atoms with E-state index in [1.807, 2.05) is 36.4 Å². The van der Waals surface area contributed by atoms with Crippen molar-refractivity contribution in [2.24, 2.45) is 0 Å². The number of benzene rings is 2. The minimum atomic E-state index is 0.255. The van der Waals surface area contributed by atoms with Gasteiger partial charge in [0, 0.05) is 31.0 Å². The van der Waals surface area contributed by atoms with Crippen molar-refractivity contribution in [2.75, 3.05) is 27.3 Å². The summed E-state index contributed by atoms with van der Waals surface area (Å²) in [6, 6.07) is 16.9. The van der Waals surface area contributed by atoms with Crippen LogP contribution in [0.2, 0.25) is 0 Å². The first kappa shape index (κ1) is 19.8. The van der Waals surface area contributed by atoms with Crippen molar-refractivity contribution in [1.29, 1.82) is 0 Å². The van der Waals surface area contributed by atoms with E-state index in [9.17, 15) is 4.79 Å². The van der Waals surface area contributed by atoms with Gasteiger partial charge in [0.05, 0.1) is 14.2 Å². The first-order valence-corrected chi connectivity index (χ1v) is 10.5. The first-order valence-electron chi connectivity index (χ1n) is 10.5. The standard InChI is InChI=1S/C24H30N2O3/c1-28-19-11-8-17(9-12-19)10-13-23(27)26-16-21(24-22(26)7-4-14-25-24)18-5-3-6-20(15-18)29-2/h3,5-6,8-9,11-12,15,21-22,24-25H,4,7,10,13-14,16H2,1-2H3/t21-,22-,24-/m1/s1. The normalized spacial score (nSPS) is 23.5. The highest BCUT2D eigenvalue weighted by molar-refractivity contribution is 5.77. The summed E-state index contributed by atoms with van der Waals surface area (Å²) in [5.74, 6) is 2.28. The predicted molar refractivity (Wildman–Crippen MR) is 114 cm³/mol. The molecule has 2 aromatic carbocycles. The van der Waals surface area contributed by atoms with Gasteiger partial charge in [0.1, 0.15) is 11.5 Å². The number of hydrogen-bond acceptors (Lipinski definition) is 4. The highest BCUT2D eigenvalue weighted by Gasteiger charge is 2.45. The van der Waals surface area contributed by atoms with Gasteiger partial charge in [-0.05, 0) is 61.2 Å². The molecule has 1 amide bonds. The number of rotatable bonds is 6. The van der Waals surface area contributed by atoms with Gasteiger partial charge in [0.2, 0.25) is 5.91 Å². The molecule has 0 aliphatic carbocycles. The fraction of sp³-hybridized carbons (Fsp3) is 0.458. The number of aryl methyl sites for hydroxylation is 1. The molecule has 0 unspecified atom stereocenters. The molecule has 2 aliphatic heterocycles. The summed E-state index contributed by atoms with van der Waals surface area (Å²) in [5, 5.41) is 3.69. The second kappa shape index (κ2) is 8.87. The molecule has 4 rings (SSSR count). The van der Waals surface area contributed by atoms with Crippen LogP contribution in [0.5, 0.6) is 11.5 Å². The predicted octanol–water partition coefficient (Wildman–Crippen LogP) is 3.38. The average molecular weight is 395 g/mol. The Hall–Kier alpha value is -2.53. The van der Waals surface area contributed by atoms with Crippen LogP contribution in [0.25, 0.3) is 0 Å². The number of piperidine rings is 1. The molecule has 2 fully saturated rings. The lowest BCUT2D eigenvalue weighted by molar-refractivity contribution is -0.132. The minimum absolute atomic E-state index is 0.255. The van der Waals surface area contributed by atoms with Crippen LogP contribution in [0.4, 0.5) is 0 Å². The molecule has 2 aliphatic rings. The summed E-state index contributed by atoms with van der Waals surface area (Å²) in [4.78, 5) is 15.3. The number of carbonyl (C=O) groups is 1. The van der Waals surface area contributed by atoms with Crippen LogP contribution in [-0.4, -0.2) is 50.2 Å². The van der Waals surface area contributed by atoms with Crippen LogP contribution in [0.1, 0.15) is 36.3 Å². The van der Waals surface area contributed by atoms with Crippen LogP contribution < -0.4 is 14.8 Å². The number of amides is 1. The van der Waals surface area contributed by atoms with E-state index in [2.05, 4.69) is 22.3 Å². The van der Waals surface area contributed by atoms with Crippen LogP contribution in [-0.2, 0) is 11.2 Å². The second-order valence-electron chi connectivity index (χ2n) is 7.97. The molecule has 0 saturated carbocycles. The number of hydrogen-bond donors (Lipinski definition) is 1. The van der Waals surface area contributed by atoms with Crippen molar-refractivity contribution in [2.45, 2.75) is 43.7 Å². The maximum atomic E-state index is 13.1. The van der Waals surface area contributed by atoms with Gasteiger partial charge in [-0.15, -0.1) is 0 Å². The van der Waals surface area contributed by atoms with Gasteiger partial charge < -0.3 is 19.7 Å². The number of nitrogens with one attached hydrogen (secondary N) is 1. The van der Waals surface area contributed by atoms with Gasteiger partial charge >= 0.3 is 0 Å². The van der Waals surface area contributed by atoms with E-state index < -0.39 is 0 Å². The summed E-state index contributed by atoms with van der Waals surface area (Å²) in [7, 11) is 3.36. The van der Waals surface area contributed by atoms with Gasteiger partial charge in [0.15, 0.2) is 0 Å². The Balaban J connectivity index is 1.46. The Morgan fingerprint density at radius 1 is 1.10 bits per heavy atom. The third-order valence-corrected chi connectivity index (χ3v) is 6.33. The molecular weight excluding hydrogens is 364 g/mol. The number of nitrogens with zero attached hydrogens (tertiary/aromatic N) is 1. The van der Waals surface area contributed by atoms with Gasteiger partial charge in [-0.2, -0.15) is 0 Å². The molecule has 154 valence electrons.